The maximum atomic E-state index is 12.2. The lowest BCUT2D eigenvalue weighted by Gasteiger charge is -2.11. The Morgan fingerprint density at radius 1 is 1.10 bits per heavy atom. The molecule has 7 heteroatoms. The van der Waals surface area contributed by atoms with E-state index in [9.17, 15) is 4.79 Å². The number of nitrogens with zero attached hydrogens (tertiary/aromatic N) is 4. The van der Waals surface area contributed by atoms with Crippen LogP contribution in [0.1, 0.15) is 48.6 Å². The number of hydrogen-bond acceptors (Lipinski definition) is 4. The van der Waals surface area contributed by atoms with Gasteiger partial charge < -0.3 is 4.74 Å². The van der Waals surface area contributed by atoms with Gasteiger partial charge in [0, 0.05) is 16.3 Å². The third-order valence-electron chi connectivity index (χ3n) is 4.87. The van der Waals surface area contributed by atoms with Crippen molar-refractivity contribution in [2.24, 2.45) is 0 Å². The molecule has 0 fully saturated rings. The number of pyridine rings is 1. The fourth-order valence-corrected chi connectivity index (χ4v) is 3.71. The SMILES string of the molecule is CCOC(=O)c1cc(C(C)C)n(Cc2cc(Cl)cc3cc(-c4ccccc4)nn23)n1. The smallest absolute Gasteiger partial charge is 0.358 e. The number of carbonyl (C=O) groups excluding carboxylic acids is 1. The molecule has 0 atom stereocenters. The molecule has 154 valence electrons. The average Bonchev–Trinajstić information content (AvgIpc) is 3.33. The van der Waals surface area contributed by atoms with Crippen LogP contribution >= 0.6 is 11.6 Å². The number of esters is 1. The number of benzene rings is 1. The molecule has 4 aromatic rings. The van der Waals surface area contributed by atoms with Gasteiger partial charge >= 0.3 is 5.97 Å². The van der Waals surface area contributed by atoms with Crippen LogP contribution in [0.25, 0.3) is 16.8 Å². The molecule has 0 amide bonds. The zero-order chi connectivity index (χ0) is 21.3. The second kappa shape index (κ2) is 8.32. The highest BCUT2D eigenvalue weighted by atomic mass is 35.5. The van der Waals surface area contributed by atoms with Crippen molar-refractivity contribution in [3.05, 3.63) is 76.7 Å². The van der Waals surface area contributed by atoms with Crippen molar-refractivity contribution in [3.63, 3.8) is 0 Å². The summed E-state index contributed by atoms with van der Waals surface area (Å²) in [5, 5.41) is 9.92. The summed E-state index contributed by atoms with van der Waals surface area (Å²) in [5.41, 5.74) is 4.94. The molecule has 0 radical (unpaired) electrons. The normalized spacial score (nSPS) is 11.4. The van der Waals surface area contributed by atoms with Crippen LogP contribution in [0.5, 0.6) is 0 Å². The Kier molecular flexibility index (Phi) is 5.59. The summed E-state index contributed by atoms with van der Waals surface area (Å²) in [4.78, 5) is 12.2. The highest BCUT2D eigenvalue weighted by molar-refractivity contribution is 6.31. The highest BCUT2D eigenvalue weighted by Crippen LogP contribution is 2.25. The van der Waals surface area contributed by atoms with Gasteiger partial charge in [-0.15, -0.1) is 0 Å². The molecule has 0 aliphatic heterocycles. The predicted molar refractivity (Wildman–Crippen MR) is 117 cm³/mol. The van der Waals surface area contributed by atoms with E-state index < -0.39 is 5.97 Å². The van der Waals surface area contributed by atoms with E-state index in [4.69, 9.17) is 21.4 Å². The minimum absolute atomic E-state index is 0.188. The number of rotatable bonds is 6. The first kappa shape index (κ1) is 20.2. The van der Waals surface area contributed by atoms with Crippen LogP contribution in [0.2, 0.25) is 5.02 Å². The largest absolute Gasteiger partial charge is 0.461 e. The number of fused-ring (bicyclic) bond motifs is 1. The molecule has 0 N–H and O–H groups in total. The molecule has 0 spiro atoms. The minimum Gasteiger partial charge on any atom is -0.461 e. The summed E-state index contributed by atoms with van der Waals surface area (Å²) < 4.78 is 8.82. The van der Waals surface area contributed by atoms with Crippen LogP contribution in [-0.4, -0.2) is 32.0 Å². The molecule has 4 rings (SSSR count). The molecule has 0 saturated carbocycles. The van der Waals surface area contributed by atoms with Gasteiger partial charge in [-0.05, 0) is 37.1 Å². The molecule has 6 nitrogen and oxygen atoms in total. The van der Waals surface area contributed by atoms with Crippen molar-refractivity contribution in [3.8, 4) is 11.3 Å². The summed E-state index contributed by atoms with van der Waals surface area (Å²) in [6, 6.07) is 17.6. The maximum Gasteiger partial charge on any atom is 0.358 e. The predicted octanol–water partition coefficient (Wildman–Crippen LogP) is 5.20. The van der Waals surface area contributed by atoms with Crippen molar-refractivity contribution < 1.29 is 9.53 Å². The lowest BCUT2D eigenvalue weighted by atomic mass is 10.1. The first-order valence-corrected chi connectivity index (χ1v) is 10.3. The topological polar surface area (TPSA) is 61.4 Å². The fourth-order valence-electron chi connectivity index (χ4n) is 3.48. The van der Waals surface area contributed by atoms with Crippen LogP contribution < -0.4 is 0 Å². The molecule has 3 aromatic heterocycles. The number of halogens is 1. The molecular weight excluding hydrogens is 400 g/mol. The van der Waals surface area contributed by atoms with Gasteiger partial charge in [0.2, 0.25) is 0 Å². The highest BCUT2D eigenvalue weighted by Gasteiger charge is 2.19. The van der Waals surface area contributed by atoms with E-state index in [0.29, 0.717) is 23.9 Å². The lowest BCUT2D eigenvalue weighted by molar-refractivity contribution is 0.0518. The van der Waals surface area contributed by atoms with E-state index in [-0.39, 0.29) is 5.92 Å². The number of carbonyl (C=O) groups is 1. The number of hydrogen-bond donors (Lipinski definition) is 0. The van der Waals surface area contributed by atoms with Crippen molar-refractivity contribution in [1.82, 2.24) is 19.4 Å². The van der Waals surface area contributed by atoms with Gasteiger partial charge in [-0.25, -0.2) is 9.31 Å². The zero-order valence-electron chi connectivity index (χ0n) is 17.2. The maximum absolute atomic E-state index is 12.2. The third-order valence-corrected chi connectivity index (χ3v) is 5.09. The zero-order valence-corrected chi connectivity index (χ0v) is 17.9. The first-order chi connectivity index (χ1) is 14.5. The summed E-state index contributed by atoms with van der Waals surface area (Å²) in [6.07, 6.45) is 0. The first-order valence-electron chi connectivity index (χ1n) is 9.94. The van der Waals surface area contributed by atoms with Gasteiger partial charge in [0.1, 0.15) is 0 Å². The van der Waals surface area contributed by atoms with Gasteiger partial charge in [-0.2, -0.15) is 10.2 Å². The van der Waals surface area contributed by atoms with Crippen molar-refractivity contribution >= 4 is 23.1 Å². The minimum atomic E-state index is -0.417. The lowest BCUT2D eigenvalue weighted by Crippen LogP contribution is -2.12. The molecule has 3 heterocycles. The van der Waals surface area contributed by atoms with Crippen LogP contribution in [0.3, 0.4) is 0 Å². The van der Waals surface area contributed by atoms with Gasteiger partial charge in [0.25, 0.3) is 0 Å². The third kappa shape index (κ3) is 3.96. The molecule has 0 aliphatic carbocycles. The van der Waals surface area contributed by atoms with Crippen molar-refractivity contribution in [2.45, 2.75) is 33.2 Å². The molecule has 0 bridgehead atoms. The Balaban J connectivity index is 1.77. The molecular formula is C23H23ClN4O2. The van der Waals surface area contributed by atoms with E-state index in [1.54, 1.807) is 13.0 Å². The second-order valence-corrected chi connectivity index (χ2v) is 7.82. The van der Waals surface area contributed by atoms with Crippen molar-refractivity contribution in [1.29, 1.82) is 0 Å². The van der Waals surface area contributed by atoms with E-state index >= 15 is 0 Å². The Morgan fingerprint density at radius 2 is 1.87 bits per heavy atom. The van der Waals surface area contributed by atoms with E-state index in [0.717, 1.165) is 28.2 Å². The summed E-state index contributed by atoms with van der Waals surface area (Å²) in [7, 11) is 0. The van der Waals surface area contributed by atoms with Gasteiger partial charge in [-0.3, -0.25) is 4.68 Å². The summed E-state index contributed by atoms with van der Waals surface area (Å²) in [6.45, 7) is 6.66. The van der Waals surface area contributed by atoms with Crippen molar-refractivity contribution in [2.75, 3.05) is 6.61 Å². The fraction of sp³-hybridized carbons (Fsp3) is 0.261. The van der Waals surface area contributed by atoms with E-state index in [1.165, 1.54) is 0 Å². The van der Waals surface area contributed by atoms with Gasteiger partial charge in [0.05, 0.1) is 30.1 Å². The van der Waals surface area contributed by atoms with E-state index in [1.807, 2.05) is 57.7 Å². The Hall–Kier alpha value is -3.12. The summed E-state index contributed by atoms with van der Waals surface area (Å²) in [5.74, 6) is -0.229. The summed E-state index contributed by atoms with van der Waals surface area (Å²) >= 11 is 6.40. The standard InChI is InChI=1S/C23H23ClN4O2/c1-4-30-23(29)21-13-22(15(2)3)27(25-21)14-19-11-17(24)10-18-12-20(26-28(18)19)16-8-6-5-7-9-16/h5-13,15H,4,14H2,1-3H3. The Morgan fingerprint density at radius 3 is 2.57 bits per heavy atom. The van der Waals surface area contributed by atoms with Crippen LogP contribution in [0.4, 0.5) is 0 Å². The quantitative estimate of drug-likeness (QED) is 0.401. The Bertz CT molecular complexity index is 1190. The molecule has 0 saturated heterocycles. The molecule has 0 aliphatic rings. The second-order valence-electron chi connectivity index (χ2n) is 7.38. The van der Waals surface area contributed by atoms with Crippen LogP contribution in [0.15, 0.2) is 54.6 Å². The molecule has 30 heavy (non-hydrogen) atoms. The average molecular weight is 423 g/mol. The number of aromatic nitrogens is 4. The van der Waals surface area contributed by atoms with Crippen LogP contribution in [0, 0.1) is 0 Å². The van der Waals surface area contributed by atoms with Crippen LogP contribution in [-0.2, 0) is 11.3 Å². The molecule has 0 unspecified atom stereocenters. The molecule has 1 aromatic carbocycles. The number of ether oxygens (including phenoxy) is 1. The van der Waals surface area contributed by atoms with Gasteiger partial charge in [-0.1, -0.05) is 55.8 Å². The van der Waals surface area contributed by atoms with E-state index in [2.05, 4.69) is 18.9 Å². The van der Waals surface area contributed by atoms with Gasteiger partial charge in [0.15, 0.2) is 5.69 Å². The monoisotopic (exact) mass is 422 g/mol. The Labute approximate surface area is 180 Å².